The van der Waals surface area contributed by atoms with E-state index in [1.807, 2.05) is 43.3 Å². The molecule has 2 amide bonds. The molecule has 0 radical (unpaired) electrons. The Morgan fingerprint density at radius 2 is 2.07 bits per heavy atom. The van der Waals surface area contributed by atoms with Crippen molar-refractivity contribution in [3.8, 4) is 11.5 Å². The predicted octanol–water partition coefficient (Wildman–Crippen LogP) is 5.49. The van der Waals surface area contributed by atoms with Crippen molar-refractivity contribution in [3.05, 3.63) is 70.5 Å². The van der Waals surface area contributed by atoms with Crippen LogP contribution in [0.4, 0.5) is 15.2 Å². The molecule has 1 fully saturated rings. The van der Waals surface area contributed by atoms with Crippen molar-refractivity contribution >= 4 is 29.7 Å². The number of halogens is 2. The second kappa shape index (κ2) is 8.67. The minimum atomic E-state index is -0.315. The Kier molecular flexibility index (Phi) is 5.81. The van der Waals surface area contributed by atoms with E-state index in [0.717, 1.165) is 11.1 Å². The van der Waals surface area contributed by atoms with E-state index < -0.39 is 0 Å². The standard InChI is InChI=1S/C22H20ClFN4O2/c1-14-13-28(10-9-16(14)11-17-12-18(23)7-8-19(17)24)22(29)25-21-27-26-20(30-21)15-5-3-2-4-6-15/h2-8,11-12,14H,9-10,13H2,1H3,(H,25,27,29). The van der Waals surface area contributed by atoms with E-state index in [4.69, 9.17) is 16.0 Å². The van der Waals surface area contributed by atoms with Crippen molar-refractivity contribution in [2.24, 2.45) is 5.92 Å². The number of carbonyl (C=O) groups is 1. The van der Waals surface area contributed by atoms with Gasteiger partial charge in [-0.1, -0.05) is 53.5 Å². The molecule has 1 aromatic heterocycles. The Morgan fingerprint density at radius 3 is 2.83 bits per heavy atom. The van der Waals surface area contributed by atoms with E-state index in [1.165, 1.54) is 12.1 Å². The van der Waals surface area contributed by atoms with Crippen molar-refractivity contribution < 1.29 is 13.6 Å². The molecule has 1 unspecified atom stereocenters. The van der Waals surface area contributed by atoms with Crippen LogP contribution in [0.5, 0.6) is 0 Å². The monoisotopic (exact) mass is 426 g/mol. The van der Waals surface area contributed by atoms with Gasteiger partial charge in [0.1, 0.15) is 5.82 Å². The number of rotatable bonds is 3. The maximum absolute atomic E-state index is 14.0. The maximum Gasteiger partial charge on any atom is 0.325 e. The average molecular weight is 427 g/mol. The number of hydrogen-bond donors (Lipinski definition) is 1. The van der Waals surface area contributed by atoms with Crippen LogP contribution >= 0.6 is 11.6 Å². The van der Waals surface area contributed by atoms with Gasteiger partial charge in [-0.05, 0) is 42.7 Å². The minimum Gasteiger partial charge on any atom is -0.403 e. The Bertz CT molecular complexity index is 1080. The number of amides is 2. The summed E-state index contributed by atoms with van der Waals surface area (Å²) >= 11 is 5.98. The number of anilines is 1. The van der Waals surface area contributed by atoms with Crippen LogP contribution in [-0.2, 0) is 0 Å². The first-order chi connectivity index (χ1) is 14.5. The summed E-state index contributed by atoms with van der Waals surface area (Å²) in [6.07, 6.45) is 2.46. The van der Waals surface area contributed by atoms with Gasteiger partial charge >= 0.3 is 12.0 Å². The molecule has 1 atom stereocenters. The van der Waals surface area contributed by atoms with Crippen molar-refractivity contribution in [2.75, 3.05) is 18.4 Å². The molecule has 2 heterocycles. The van der Waals surface area contributed by atoms with Gasteiger partial charge in [0.05, 0.1) is 0 Å². The van der Waals surface area contributed by atoms with Gasteiger partial charge in [0.25, 0.3) is 0 Å². The van der Waals surface area contributed by atoms with Crippen LogP contribution in [0.3, 0.4) is 0 Å². The Morgan fingerprint density at radius 1 is 1.27 bits per heavy atom. The van der Waals surface area contributed by atoms with Crippen LogP contribution in [0.15, 0.2) is 58.5 Å². The average Bonchev–Trinajstić information content (AvgIpc) is 3.21. The lowest BCUT2D eigenvalue weighted by Crippen LogP contribution is -2.42. The molecule has 0 aliphatic carbocycles. The van der Waals surface area contributed by atoms with Gasteiger partial charge in [-0.2, -0.15) is 0 Å². The molecule has 0 bridgehead atoms. The SMILES string of the molecule is CC1CN(C(=O)Nc2nnc(-c3ccccc3)o2)CCC1=Cc1cc(Cl)ccc1F. The molecule has 8 heteroatoms. The second-order valence-corrected chi connectivity index (χ2v) is 7.63. The van der Waals surface area contributed by atoms with Crippen LogP contribution in [0.1, 0.15) is 18.9 Å². The highest BCUT2D eigenvalue weighted by molar-refractivity contribution is 6.30. The topological polar surface area (TPSA) is 71.3 Å². The number of hydrogen-bond acceptors (Lipinski definition) is 4. The van der Waals surface area contributed by atoms with Gasteiger partial charge in [-0.25, -0.2) is 9.18 Å². The Labute approximate surface area is 178 Å². The largest absolute Gasteiger partial charge is 0.403 e. The third-order valence-corrected chi connectivity index (χ3v) is 5.28. The van der Waals surface area contributed by atoms with Gasteiger partial charge in [0, 0.05) is 29.2 Å². The molecule has 1 aliphatic rings. The Hall–Kier alpha value is -3.19. The number of benzene rings is 2. The van der Waals surface area contributed by atoms with Crippen molar-refractivity contribution in [2.45, 2.75) is 13.3 Å². The summed E-state index contributed by atoms with van der Waals surface area (Å²) in [5, 5.41) is 11.0. The number of nitrogens with zero attached hydrogens (tertiary/aromatic N) is 3. The molecule has 1 saturated heterocycles. The molecular weight excluding hydrogens is 407 g/mol. The van der Waals surface area contributed by atoms with Gasteiger partial charge in [0.15, 0.2) is 0 Å². The molecule has 1 N–H and O–H groups in total. The highest BCUT2D eigenvalue weighted by atomic mass is 35.5. The molecule has 154 valence electrons. The molecular formula is C22H20ClFN4O2. The Balaban J connectivity index is 1.40. The van der Waals surface area contributed by atoms with Crippen LogP contribution < -0.4 is 5.32 Å². The summed E-state index contributed by atoms with van der Waals surface area (Å²) in [6.45, 7) is 3.01. The van der Waals surface area contributed by atoms with Crippen molar-refractivity contribution in [3.63, 3.8) is 0 Å². The zero-order chi connectivity index (χ0) is 21.1. The first-order valence-corrected chi connectivity index (χ1v) is 9.98. The summed E-state index contributed by atoms with van der Waals surface area (Å²) in [4.78, 5) is 14.3. The highest BCUT2D eigenvalue weighted by Crippen LogP contribution is 2.27. The van der Waals surface area contributed by atoms with E-state index in [1.54, 1.807) is 11.0 Å². The second-order valence-electron chi connectivity index (χ2n) is 7.19. The lowest BCUT2D eigenvalue weighted by atomic mass is 9.91. The molecule has 30 heavy (non-hydrogen) atoms. The molecule has 6 nitrogen and oxygen atoms in total. The van der Waals surface area contributed by atoms with E-state index in [2.05, 4.69) is 15.5 Å². The molecule has 4 rings (SSSR count). The van der Waals surface area contributed by atoms with E-state index >= 15 is 0 Å². The molecule has 0 spiro atoms. The fourth-order valence-electron chi connectivity index (χ4n) is 3.42. The van der Waals surface area contributed by atoms with Gasteiger partial charge < -0.3 is 9.32 Å². The summed E-state index contributed by atoms with van der Waals surface area (Å²) in [7, 11) is 0. The lowest BCUT2D eigenvalue weighted by Gasteiger charge is -2.32. The third kappa shape index (κ3) is 4.52. The maximum atomic E-state index is 14.0. The third-order valence-electron chi connectivity index (χ3n) is 5.04. The summed E-state index contributed by atoms with van der Waals surface area (Å²) in [6, 6.07) is 13.6. The first kappa shape index (κ1) is 20.1. The van der Waals surface area contributed by atoms with Crippen molar-refractivity contribution in [1.82, 2.24) is 15.1 Å². The highest BCUT2D eigenvalue weighted by Gasteiger charge is 2.25. The quantitative estimate of drug-likeness (QED) is 0.601. The molecule has 2 aromatic carbocycles. The smallest absolute Gasteiger partial charge is 0.325 e. The van der Waals surface area contributed by atoms with Crippen LogP contribution in [-0.4, -0.2) is 34.2 Å². The number of likely N-dealkylation sites (tertiary alicyclic amines) is 1. The number of carbonyl (C=O) groups excluding carboxylic acids is 1. The van der Waals surface area contributed by atoms with Crippen LogP contribution in [0, 0.1) is 11.7 Å². The van der Waals surface area contributed by atoms with Crippen LogP contribution in [0.25, 0.3) is 17.5 Å². The lowest BCUT2D eigenvalue weighted by molar-refractivity contribution is 0.197. The van der Waals surface area contributed by atoms with Crippen molar-refractivity contribution in [1.29, 1.82) is 0 Å². The van der Waals surface area contributed by atoms with E-state index in [0.29, 0.717) is 36.0 Å². The van der Waals surface area contributed by atoms with Gasteiger partial charge in [0.2, 0.25) is 5.89 Å². The predicted molar refractivity (Wildman–Crippen MR) is 113 cm³/mol. The van der Waals surface area contributed by atoms with E-state index in [-0.39, 0.29) is 23.8 Å². The van der Waals surface area contributed by atoms with Gasteiger partial charge in [-0.3, -0.25) is 5.32 Å². The number of aromatic nitrogens is 2. The number of urea groups is 1. The zero-order valence-electron chi connectivity index (χ0n) is 16.3. The first-order valence-electron chi connectivity index (χ1n) is 9.60. The molecule has 3 aromatic rings. The summed E-state index contributed by atoms with van der Waals surface area (Å²) in [5.41, 5.74) is 2.31. The fourth-order valence-corrected chi connectivity index (χ4v) is 3.60. The minimum absolute atomic E-state index is 0.0499. The van der Waals surface area contributed by atoms with Crippen LogP contribution in [0.2, 0.25) is 5.02 Å². The number of piperidine rings is 1. The van der Waals surface area contributed by atoms with E-state index in [9.17, 15) is 9.18 Å². The summed E-state index contributed by atoms with van der Waals surface area (Å²) < 4.78 is 19.6. The molecule has 0 saturated carbocycles. The fraction of sp³-hybridized carbons (Fsp3) is 0.227. The summed E-state index contributed by atoms with van der Waals surface area (Å²) in [5.74, 6) is 0.0991. The molecule has 1 aliphatic heterocycles. The normalized spacial score (nSPS) is 17.9. The van der Waals surface area contributed by atoms with Gasteiger partial charge in [-0.15, -0.1) is 5.10 Å². The zero-order valence-corrected chi connectivity index (χ0v) is 17.1. The number of nitrogens with one attached hydrogen (secondary N) is 1.